The van der Waals surface area contributed by atoms with Gasteiger partial charge in [-0.2, -0.15) is 13.2 Å². The van der Waals surface area contributed by atoms with E-state index in [1.165, 1.54) is 0 Å². The van der Waals surface area contributed by atoms with Crippen molar-refractivity contribution in [3.8, 4) is 0 Å². The fraction of sp³-hybridized carbons (Fsp3) is 0.471. The lowest BCUT2D eigenvalue weighted by Gasteiger charge is -2.15. The minimum atomic E-state index is -4.11. The van der Waals surface area contributed by atoms with Crippen LogP contribution >= 0.6 is 0 Å². The standard InChI is InChI=1S/C17H19F3N6O2S/c1-8-5-6-10-13(8)22-11-4-2-3-9(11)14(10)23-17(27)25-29(21,28)12-7-26(16(19)20)24-15(12)18/h7-8,16H,2-6H2,1H3,(H3,21,22,23,25,27,28). The van der Waals surface area contributed by atoms with Crippen LogP contribution in [0.4, 0.5) is 23.7 Å². The van der Waals surface area contributed by atoms with E-state index in [0.29, 0.717) is 11.9 Å². The van der Waals surface area contributed by atoms with Crippen molar-refractivity contribution < 1.29 is 22.2 Å². The molecule has 0 spiro atoms. The maximum Gasteiger partial charge on any atom is 0.354 e. The molecule has 0 saturated heterocycles. The summed E-state index contributed by atoms with van der Waals surface area (Å²) in [5.74, 6) is -1.20. The fourth-order valence-corrected chi connectivity index (χ4v) is 4.84. The second kappa shape index (κ2) is 7.10. The second-order valence-corrected chi connectivity index (χ2v) is 8.96. The summed E-state index contributed by atoms with van der Waals surface area (Å²) in [4.78, 5) is 16.4. The Labute approximate surface area is 165 Å². The molecule has 12 heteroatoms. The van der Waals surface area contributed by atoms with Gasteiger partial charge in [-0.25, -0.2) is 18.8 Å². The molecule has 2 unspecified atom stereocenters. The number of aryl methyl sites for hydroxylation is 1. The van der Waals surface area contributed by atoms with Gasteiger partial charge in [0.15, 0.2) is 0 Å². The number of nitrogens with zero attached hydrogens (tertiary/aromatic N) is 4. The van der Waals surface area contributed by atoms with Crippen LogP contribution in [0.15, 0.2) is 15.5 Å². The summed E-state index contributed by atoms with van der Waals surface area (Å²) < 4.78 is 55.1. The third kappa shape index (κ3) is 3.50. The van der Waals surface area contributed by atoms with Gasteiger partial charge in [0.05, 0.1) is 11.9 Å². The summed E-state index contributed by atoms with van der Waals surface area (Å²) in [6.07, 6.45) is 4.58. The molecule has 0 aromatic carbocycles. The number of nitrogens with one attached hydrogen (secondary N) is 1. The van der Waals surface area contributed by atoms with Gasteiger partial charge in [-0.05, 0) is 49.1 Å². The maximum atomic E-state index is 13.8. The molecule has 2 aliphatic rings. The Hall–Kier alpha value is -2.47. The minimum Gasteiger partial charge on any atom is -0.305 e. The monoisotopic (exact) mass is 428 g/mol. The van der Waals surface area contributed by atoms with E-state index in [1.54, 1.807) is 0 Å². The van der Waals surface area contributed by atoms with Crippen LogP contribution in [0.5, 0.6) is 0 Å². The summed E-state index contributed by atoms with van der Waals surface area (Å²) >= 11 is 0. The lowest BCUT2D eigenvalue weighted by Crippen LogP contribution is -2.19. The molecule has 2 aromatic heterocycles. The van der Waals surface area contributed by atoms with E-state index < -0.39 is 33.3 Å². The highest BCUT2D eigenvalue weighted by Gasteiger charge is 2.30. The molecule has 0 fully saturated rings. The van der Waals surface area contributed by atoms with Crippen LogP contribution < -0.4 is 10.5 Å². The molecule has 2 aromatic rings. The summed E-state index contributed by atoms with van der Waals surface area (Å²) in [7, 11) is -4.11. The molecule has 0 aliphatic heterocycles. The Morgan fingerprint density at radius 2 is 2.14 bits per heavy atom. The van der Waals surface area contributed by atoms with Crippen LogP contribution in [0.1, 0.15) is 54.7 Å². The quantitative estimate of drug-likeness (QED) is 0.780. The van der Waals surface area contributed by atoms with Crippen LogP contribution in [0.2, 0.25) is 0 Å². The maximum absolute atomic E-state index is 13.8. The Kier molecular flexibility index (Phi) is 4.85. The van der Waals surface area contributed by atoms with Crippen molar-refractivity contribution in [2.24, 2.45) is 9.50 Å². The molecular formula is C17H19F3N6O2S. The Bertz CT molecular complexity index is 1120. The van der Waals surface area contributed by atoms with Crippen molar-refractivity contribution in [3.63, 3.8) is 0 Å². The van der Waals surface area contributed by atoms with E-state index in [9.17, 15) is 22.2 Å². The number of aromatic nitrogens is 3. The van der Waals surface area contributed by atoms with Crippen molar-refractivity contribution in [2.75, 3.05) is 5.32 Å². The molecule has 29 heavy (non-hydrogen) atoms. The van der Waals surface area contributed by atoms with E-state index in [4.69, 9.17) is 10.1 Å². The first-order valence-electron chi connectivity index (χ1n) is 9.10. The summed E-state index contributed by atoms with van der Waals surface area (Å²) in [6.45, 7) is -1.09. The molecule has 4 rings (SSSR count). The number of amides is 2. The van der Waals surface area contributed by atoms with E-state index in [-0.39, 0.29) is 10.6 Å². The molecule has 8 nitrogen and oxygen atoms in total. The molecule has 0 saturated carbocycles. The zero-order chi connectivity index (χ0) is 20.9. The molecule has 2 atom stereocenters. The number of rotatable bonds is 3. The Morgan fingerprint density at radius 1 is 1.38 bits per heavy atom. The number of nitrogens with two attached hydrogens (primary N) is 1. The van der Waals surface area contributed by atoms with Crippen LogP contribution in [0.3, 0.4) is 0 Å². The van der Waals surface area contributed by atoms with Crippen molar-refractivity contribution >= 4 is 21.6 Å². The van der Waals surface area contributed by atoms with Crippen LogP contribution in [0, 0.1) is 5.95 Å². The highest BCUT2D eigenvalue weighted by Crippen LogP contribution is 2.41. The Morgan fingerprint density at radius 3 is 2.83 bits per heavy atom. The van der Waals surface area contributed by atoms with E-state index in [2.05, 4.69) is 21.7 Å². The van der Waals surface area contributed by atoms with Crippen molar-refractivity contribution in [2.45, 2.75) is 56.4 Å². The van der Waals surface area contributed by atoms with Crippen LogP contribution in [-0.2, 0) is 29.2 Å². The fourth-order valence-electron chi connectivity index (χ4n) is 3.90. The van der Waals surface area contributed by atoms with Gasteiger partial charge in [-0.3, -0.25) is 4.98 Å². The lowest BCUT2D eigenvalue weighted by molar-refractivity contribution is 0.0547. The number of pyridine rings is 1. The van der Waals surface area contributed by atoms with Crippen molar-refractivity contribution in [3.05, 3.63) is 34.7 Å². The number of hydrogen-bond acceptors (Lipinski definition) is 4. The molecule has 156 valence electrons. The molecule has 2 aliphatic carbocycles. The number of hydrogen-bond donors (Lipinski definition) is 2. The van der Waals surface area contributed by atoms with E-state index in [1.807, 2.05) is 0 Å². The van der Waals surface area contributed by atoms with Gasteiger partial charge in [0, 0.05) is 11.4 Å². The highest BCUT2D eigenvalue weighted by molar-refractivity contribution is 7.91. The van der Waals surface area contributed by atoms with Gasteiger partial charge >= 0.3 is 12.6 Å². The van der Waals surface area contributed by atoms with Crippen LogP contribution in [0.25, 0.3) is 0 Å². The number of urea groups is 1. The van der Waals surface area contributed by atoms with Crippen LogP contribution in [-0.4, -0.2) is 25.0 Å². The summed E-state index contributed by atoms with van der Waals surface area (Å²) in [6, 6.07) is -1.04. The molecular weight excluding hydrogens is 409 g/mol. The van der Waals surface area contributed by atoms with Gasteiger partial charge in [0.1, 0.15) is 14.8 Å². The molecule has 2 heterocycles. The normalized spacial score (nSPS) is 19.7. The van der Waals surface area contributed by atoms with Gasteiger partial charge in [-0.1, -0.05) is 6.92 Å². The largest absolute Gasteiger partial charge is 0.354 e. The van der Waals surface area contributed by atoms with Crippen molar-refractivity contribution in [1.29, 1.82) is 0 Å². The molecule has 0 bridgehead atoms. The lowest BCUT2D eigenvalue weighted by atomic mass is 10.0. The average Bonchev–Trinajstić information content (AvgIpc) is 3.33. The second-order valence-electron chi connectivity index (χ2n) is 7.20. The van der Waals surface area contributed by atoms with Gasteiger partial charge in [0.2, 0.25) is 0 Å². The van der Waals surface area contributed by atoms with Gasteiger partial charge in [0.25, 0.3) is 5.95 Å². The van der Waals surface area contributed by atoms with E-state index in [0.717, 1.165) is 54.6 Å². The zero-order valence-electron chi connectivity index (χ0n) is 15.5. The average molecular weight is 428 g/mol. The summed E-state index contributed by atoms with van der Waals surface area (Å²) in [5, 5.41) is 11.1. The van der Waals surface area contributed by atoms with Gasteiger partial charge in [-0.15, -0.1) is 9.46 Å². The summed E-state index contributed by atoms with van der Waals surface area (Å²) in [5.41, 5.74) is 4.28. The number of carbonyl (C=O) groups is 1. The predicted molar refractivity (Wildman–Crippen MR) is 98.5 cm³/mol. The number of fused-ring (bicyclic) bond motifs is 2. The number of alkyl halides is 2. The number of anilines is 1. The van der Waals surface area contributed by atoms with Crippen molar-refractivity contribution in [1.82, 2.24) is 14.8 Å². The molecule has 0 radical (unpaired) electrons. The van der Waals surface area contributed by atoms with E-state index >= 15 is 0 Å². The Balaban J connectivity index is 1.69. The molecule has 3 N–H and O–H groups in total. The highest BCUT2D eigenvalue weighted by atomic mass is 32.2. The number of halogens is 3. The zero-order valence-corrected chi connectivity index (χ0v) is 16.3. The molecule has 2 amide bonds. The first kappa shape index (κ1) is 19.8. The smallest absolute Gasteiger partial charge is 0.305 e. The first-order chi connectivity index (χ1) is 13.7. The first-order valence-corrected chi connectivity index (χ1v) is 10.7. The van der Waals surface area contributed by atoms with Gasteiger partial charge < -0.3 is 5.32 Å². The predicted octanol–water partition coefficient (Wildman–Crippen LogP) is 3.28. The minimum absolute atomic E-state index is 0.0331. The number of carbonyl (C=O) groups excluding carboxylic acids is 1. The topological polar surface area (TPSA) is 115 Å². The third-order valence-corrected chi connectivity index (χ3v) is 6.61. The third-order valence-electron chi connectivity index (χ3n) is 5.27. The SMILES string of the molecule is CC1CCc2c1nc1c(c2NC(=O)N=S(N)(=O)c2cn(C(F)F)nc2F)CCC1.